The van der Waals surface area contributed by atoms with Gasteiger partial charge in [0.05, 0.1) is 37.1 Å². The number of aliphatic hydroxyl groups is 1. The maximum absolute atomic E-state index is 9.63. The van der Waals surface area contributed by atoms with Crippen LogP contribution in [-0.2, 0) is 18.9 Å². The van der Waals surface area contributed by atoms with Gasteiger partial charge in [-0.1, -0.05) is 0 Å². The van der Waals surface area contributed by atoms with E-state index in [0.717, 1.165) is 6.42 Å². The molecule has 0 aromatic carbocycles. The van der Waals surface area contributed by atoms with Gasteiger partial charge in [-0.15, -0.1) is 0 Å². The van der Waals surface area contributed by atoms with E-state index >= 15 is 0 Å². The van der Waals surface area contributed by atoms with Crippen LogP contribution in [-0.4, -0.2) is 54.1 Å². The fourth-order valence-corrected chi connectivity index (χ4v) is 3.28. The van der Waals surface area contributed by atoms with Gasteiger partial charge in [0.25, 0.3) is 0 Å². The summed E-state index contributed by atoms with van der Waals surface area (Å²) in [5, 5.41) is 9.63. The highest BCUT2D eigenvalue weighted by Gasteiger charge is 2.49. The smallest absolute Gasteiger partial charge is 0.163 e. The summed E-state index contributed by atoms with van der Waals surface area (Å²) in [6.07, 6.45) is 0.997. The van der Waals surface area contributed by atoms with Crippen molar-refractivity contribution >= 4 is 0 Å². The largest absolute Gasteiger partial charge is 0.391 e. The summed E-state index contributed by atoms with van der Waals surface area (Å²) in [7, 11) is 0. The van der Waals surface area contributed by atoms with E-state index in [1.807, 2.05) is 20.8 Å². The predicted octanol–water partition coefficient (Wildman–Crippen LogP) is 0.834. The van der Waals surface area contributed by atoms with Gasteiger partial charge in [0.2, 0.25) is 0 Å². The second kappa shape index (κ2) is 4.42. The van der Waals surface area contributed by atoms with Crippen LogP contribution in [0.3, 0.4) is 0 Å². The van der Waals surface area contributed by atoms with E-state index in [0.29, 0.717) is 13.0 Å². The average molecular weight is 258 g/mol. The summed E-state index contributed by atoms with van der Waals surface area (Å²) < 4.78 is 23.4. The van der Waals surface area contributed by atoms with Crippen LogP contribution in [0.1, 0.15) is 33.6 Å². The number of rotatable bonds is 0. The first-order valence-electron chi connectivity index (χ1n) is 6.75. The molecule has 0 aromatic heterocycles. The van der Waals surface area contributed by atoms with Crippen molar-refractivity contribution in [2.45, 2.75) is 76.0 Å². The number of hydrogen-bond acceptors (Lipinski definition) is 5. The van der Waals surface area contributed by atoms with Gasteiger partial charge in [-0.3, -0.25) is 0 Å². The molecule has 3 rings (SSSR count). The van der Waals surface area contributed by atoms with Gasteiger partial charge in [-0.25, -0.2) is 0 Å². The Kier molecular flexibility index (Phi) is 3.15. The van der Waals surface area contributed by atoms with Gasteiger partial charge in [0.15, 0.2) is 5.79 Å². The number of hydrogen-bond donors (Lipinski definition) is 1. The Morgan fingerprint density at radius 2 is 1.83 bits per heavy atom. The van der Waals surface area contributed by atoms with Crippen LogP contribution in [0.15, 0.2) is 0 Å². The van der Waals surface area contributed by atoms with Crippen molar-refractivity contribution < 1.29 is 24.1 Å². The molecule has 3 aliphatic rings. The van der Waals surface area contributed by atoms with Gasteiger partial charge in [-0.05, 0) is 20.8 Å². The zero-order valence-corrected chi connectivity index (χ0v) is 11.2. The summed E-state index contributed by atoms with van der Waals surface area (Å²) in [6, 6.07) is 0. The molecular formula is C13H22O5. The normalized spacial score (nSPS) is 51.3. The van der Waals surface area contributed by atoms with E-state index < -0.39 is 11.9 Å². The second-order valence-corrected chi connectivity index (χ2v) is 6.02. The second-order valence-electron chi connectivity index (χ2n) is 6.02. The first-order chi connectivity index (χ1) is 8.44. The Morgan fingerprint density at radius 3 is 2.61 bits per heavy atom. The molecule has 0 saturated carbocycles. The summed E-state index contributed by atoms with van der Waals surface area (Å²) in [5.41, 5.74) is 0. The van der Waals surface area contributed by atoms with Crippen LogP contribution < -0.4 is 0 Å². The molecular weight excluding hydrogens is 236 g/mol. The Labute approximate surface area is 107 Å². The van der Waals surface area contributed by atoms with Gasteiger partial charge >= 0.3 is 0 Å². The minimum absolute atomic E-state index is 0.00114. The summed E-state index contributed by atoms with van der Waals surface area (Å²) in [5.74, 6) is -0.565. The molecule has 0 amide bonds. The third-order valence-corrected chi connectivity index (χ3v) is 3.95. The van der Waals surface area contributed by atoms with E-state index in [1.165, 1.54) is 0 Å². The highest BCUT2D eigenvalue weighted by Crippen LogP contribution is 2.38. The van der Waals surface area contributed by atoms with Crippen molar-refractivity contribution in [3.05, 3.63) is 0 Å². The van der Waals surface area contributed by atoms with Gasteiger partial charge in [0.1, 0.15) is 6.10 Å². The van der Waals surface area contributed by atoms with Crippen molar-refractivity contribution in [3.8, 4) is 0 Å². The molecule has 0 spiro atoms. The monoisotopic (exact) mass is 258 g/mol. The maximum Gasteiger partial charge on any atom is 0.163 e. The lowest BCUT2D eigenvalue weighted by Gasteiger charge is -2.51. The Balaban J connectivity index is 1.73. The van der Waals surface area contributed by atoms with Crippen molar-refractivity contribution in [1.82, 2.24) is 0 Å². The summed E-state index contributed by atoms with van der Waals surface area (Å²) in [4.78, 5) is 0. The topological polar surface area (TPSA) is 57.2 Å². The van der Waals surface area contributed by atoms with E-state index in [2.05, 4.69) is 0 Å². The zero-order chi connectivity index (χ0) is 12.9. The first kappa shape index (κ1) is 12.8. The van der Waals surface area contributed by atoms with Crippen LogP contribution in [0, 0.1) is 0 Å². The maximum atomic E-state index is 9.63. The number of fused-ring (bicyclic) bond motifs is 2. The molecule has 0 radical (unpaired) electrons. The number of aliphatic hydroxyl groups excluding tert-OH is 1. The van der Waals surface area contributed by atoms with Crippen molar-refractivity contribution in [1.29, 1.82) is 0 Å². The van der Waals surface area contributed by atoms with Gasteiger partial charge in [0, 0.05) is 12.8 Å². The van der Waals surface area contributed by atoms with Crippen LogP contribution in [0.2, 0.25) is 0 Å². The molecule has 3 heterocycles. The van der Waals surface area contributed by atoms with Gasteiger partial charge in [-0.2, -0.15) is 0 Å². The molecule has 104 valence electrons. The van der Waals surface area contributed by atoms with E-state index in [4.69, 9.17) is 18.9 Å². The van der Waals surface area contributed by atoms with Crippen LogP contribution in [0.5, 0.6) is 0 Å². The molecule has 3 aliphatic heterocycles. The lowest BCUT2D eigenvalue weighted by Crippen LogP contribution is -2.62. The lowest BCUT2D eigenvalue weighted by molar-refractivity contribution is -0.365. The summed E-state index contributed by atoms with van der Waals surface area (Å²) >= 11 is 0. The molecule has 3 saturated heterocycles. The lowest BCUT2D eigenvalue weighted by atomic mass is 9.90. The number of ether oxygens (including phenoxy) is 4. The fourth-order valence-electron chi connectivity index (χ4n) is 3.28. The molecule has 1 N–H and O–H groups in total. The van der Waals surface area contributed by atoms with Crippen LogP contribution in [0.25, 0.3) is 0 Å². The Morgan fingerprint density at radius 1 is 1.06 bits per heavy atom. The Bertz CT molecular complexity index is 319. The van der Waals surface area contributed by atoms with E-state index in [9.17, 15) is 5.11 Å². The third-order valence-electron chi connectivity index (χ3n) is 3.95. The third kappa shape index (κ3) is 2.30. The van der Waals surface area contributed by atoms with Crippen molar-refractivity contribution in [3.63, 3.8) is 0 Å². The standard InChI is InChI=1S/C13H22O5/c1-7-12-11(18-13(2,3)17-7)5-9-10(16-12)4-8(14)6-15-9/h7-12,14H,4-6H2,1-3H3/t7-,8?,9-,10-,11?,12?/m0/s1. The average Bonchev–Trinajstić information content (AvgIpc) is 2.26. The summed E-state index contributed by atoms with van der Waals surface area (Å²) in [6.45, 7) is 6.27. The van der Waals surface area contributed by atoms with Crippen molar-refractivity contribution in [2.75, 3.05) is 6.61 Å². The van der Waals surface area contributed by atoms with E-state index in [1.54, 1.807) is 0 Å². The van der Waals surface area contributed by atoms with E-state index in [-0.39, 0.29) is 30.5 Å². The fraction of sp³-hybridized carbons (Fsp3) is 1.00. The molecule has 18 heavy (non-hydrogen) atoms. The quantitative estimate of drug-likeness (QED) is 0.697. The zero-order valence-electron chi connectivity index (χ0n) is 11.2. The molecule has 3 unspecified atom stereocenters. The van der Waals surface area contributed by atoms with Crippen LogP contribution >= 0.6 is 0 Å². The highest BCUT2D eigenvalue weighted by atomic mass is 16.7. The molecule has 3 fully saturated rings. The minimum Gasteiger partial charge on any atom is -0.391 e. The highest BCUT2D eigenvalue weighted by molar-refractivity contribution is 4.95. The molecule has 0 aliphatic carbocycles. The molecule has 6 atom stereocenters. The molecule has 0 bridgehead atoms. The first-order valence-corrected chi connectivity index (χ1v) is 6.75. The molecule has 5 heteroatoms. The minimum atomic E-state index is -0.565. The van der Waals surface area contributed by atoms with Crippen molar-refractivity contribution in [2.24, 2.45) is 0 Å². The molecule has 0 aromatic rings. The SMILES string of the molecule is C[C@@H]1OC(C)(C)OC2C[C@@H]3OCC(O)C[C@@H]3OC21. The van der Waals surface area contributed by atoms with Crippen LogP contribution in [0.4, 0.5) is 0 Å². The van der Waals surface area contributed by atoms with Gasteiger partial charge < -0.3 is 24.1 Å². The molecule has 5 nitrogen and oxygen atoms in total. The Hall–Kier alpha value is -0.200. The predicted molar refractivity (Wildman–Crippen MR) is 63.1 cm³/mol.